The molecule has 0 spiro atoms. The Morgan fingerprint density at radius 1 is 1.24 bits per heavy atom. The van der Waals surface area contributed by atoms with Gasteiger partial charge in [-0.05, 0) is 17.9 Å². The van der Waals surface area contributed by atoms with Crippen LogP contribution >= 0.6 is 12.2 Å². The van der Waals surface area contributed by atoms with E-state index in [2.05, 4.69) is 12.1 Å². The van der Waals surface area contributed by atoms with Crippen LogP contribution in [0.15, 0.2) is 42.5 Å². The summed E-state index contributed by atoms with van der Waals surface area (Å²) < 4.78 is 5.87. The van der Waals surface area contributed by atoms with Gasteiger partial charge in [-0.1, -0.05) is 55.5 Å². The fourth-order valence-corrected chi connectivity index (χ4v) is 2.01. The molecule has 0 saturated carbocycles. The molecule has 2 aromatic rings. The van der Waals surface area contributed by atoms with Crippen molar-refractivity contribution in [3.63, 3.8) is 0 Å². The zero-order valence-electron chi connectivity index (χ0n) is 9.72. The minimum atomic E-state index is -0.198. The van der Waals surface area contributed by atoms with Gasteiger partial charge in [-0.2, -0.15) is 0 Å². The van der Waals surface area contributed by atoms with Gasteiger partial charge in [0.2, 0.25) is 0 Å². The summed E-state index contributed by atoms with van der Waals surface area (Å²) in [4.78, 5) is 0.403. The Hall–Kier alpha value is -1.61. The van der Waals surface area contributed by atoms with Crippen molar-refractivity contribution in [2.75, 3.05) is 0 Å². The van der Waals surface area contributed by atoms with E-state index in [9.17, 15) is 0 Å². The summed E-state index contributed by atoms with van der Waals surface area (Å²) in [5.74, 6) is 0.836. The normalized spacial score (nSPS) is 12.3. The van der Waals surface area contributed by atoms with E-state index in [0.717, 1.165) is 22.9 Å². The molecule has 0 saturated heterocycles. The van der Waals surface area contributed by atoms with Crippen LogP contribution in [0.5, 0.6) is 5.75 Å². The van der Waals surface area contributed by atoms with Gasteiger partial charge < -0.3 is 10.5 Å². The van der Waals surface area contributed by atoms with Crippen molar-refractivity contribution in [2.24, 2.45) is 5.73 Å². The van der Waals surface area contributed by atoms with Gasteiger partial charge in [0.15, 0.2) is 0 Å². The predicted molar refractivity (Wildman–Crippen MR) is 75.4 cm³/mol. The highest BCUT2D eigenvalue weighted by atomic mass is 32.1. The van der Waals surface area contributed by atoms with Crippen LogP contribution < -0.4 is 10.5 Å². The van der Waals surface area contributed by atoms with Crippen LogP contribution in [0.4, 0.5) is 0 Å². The van der Waals surface area contributed by atoms with Crippen molar-refractivity contribution in [1.82, 2.24) is 0 Å². The first-order valence-electron chi connectivity index (χ1n) is 5.66. The second-order valence-electron chi connectivity index (χ2n) is 3.89. The third-order valence-electron chi connectivity index (χ3n) is 2.71. The fourth-order valence-electron chi connectivity index (χ4n) is 1.79. The molecule has 88 valence electrons. The van der Waals surface area contributed by atoms with Gasteiger partial charge in [0.1, 0.15) is 16.8 Å². The van der Waals surface area contributed by atoms with Crippen LogP contribution in [0.1, 0.15) is 13.3 Å². The third kappa shape index (κ3) is 2.56. The van der Waals surface area contributed by atoms with E-state index < -0.39 is 0 Å². The molecular formula is C14H15NOS. The molecule has 2 nitrogen and oxygen atoms in total. The molecular weight excluding hydrogens is 230 g/mol. The summed E-state index contributed by atoms with van der Waals surface area (Å²) in [6.07, 6.45) is 0.578. The van der Waals surface area contributed by atoms with Gasteiger partial charge in [0.05, 0.1) is 0 Å². The number of nitrogens with two attached hydrogens (primary N) is 1. The van der Waals surface area contributed by atoms with E-state index in [4.69, 9.17) is 22.7 Å². The SMILES string of the molecule is CCC(Oc1cccc2ccccc12)C(N)=S. The second kappa shape index (κ2) is 5.15. The zero-order valence-corrected chi connectivity index (χ0v) is 10.5. The van der Waals surface area contributed by atoms with Crippen LogP contribution in [0, 0.1) is 0 Å². The van der Waals surface area contributed by atoms with Crippen LogP contribution in [-0.2, 0) is 0 Å². The lowest BCUT2D eigenvalue weighted by Gasteiger charge is -2.17. The Morgan fingerprint density at radius 2 is 1.94 bits per heavy atom. The molecule has 0 bridgehead atoms. The second-order valence-corrected chi connectivity index (χ2v) is 4.37. The number of hydrogen-bond donors (Lipinski definition) is 1. The molecule has 0 heterocycles. The summed E-state index contributed by atoms with van der Waals surface area (Å²) in [5.41, 5.74) is 5.65. The Balaban J connectivity index is 2.38. The molecule has 0 aromatic heterocycles. The number of hydrogen-bond acceptors (Lipinski definition) is 2. The molecule has 3 heteroatoms. The van der Waals surface area contributed by atoms with Crippen LogP contribution in [-0.4, -0.2) is 11.1 Å². The number of rotatable bonds is 4. The third-order valence-corrected chi connectivity index (χ3v) is 2.97. The van der Waals surface area contributed by atoms with Crippen LogP contribution in [0.2, 0.25) is 0 Å². The van der Waals surface area contributed by atoms with Gasteiger partial charge in [-0.3, -0.25) is 0 Å². The molecule has 0 fully saturated rings. The summed E-state index contributed by atoms with van der Waals surface area (Å²) in [7, 11) is 0. The van der Waals surface area contributed by atoms with Crippen LogP contribution in [0.25, 0.3) is 10.8 Å². The topological polar surface area (TPSA) is 35.2 Å². The molecule has 0 radical (unpaired) electrons. The highest BCUT2D eigenvalue weighted by Crippen LogP contribution is 2.26. The van der Waals surface area contributed by atoms with Gasteiger partial charge in [-0.25, -0.2) is 0 Å². The fraction of sp³-hybridized carbons (Fsp3) is 0.214. The molecule has 2 rings (SSSR count). The maximum absolute atomic E-state index is 5.87. The summed E-state index contributed by atoms with van der Waals surface area (Å²) in [5, 5.41) is 2.24. The number of benzene rings is 2. The first-order valence-corrected chi connectivity index (χ1v) is 6.07. The molecule has 1 atom stereocenters. The Labute approximate surface area is 106 Å². The van der Waals surface area contributed by atoms with E-state index in [-0.39, 0.29) is 6.10 Å². The van der Waals surface area contributed by atoms with Gasteiger partial charge in [-0.15, -0.1) is 0 Å². The Morgan fingerprint density at radius 3 is 2.65 bits per heavy atom. The van der Waals surface area contributed by atoms with E-state index in [1.165, 1.54) is 0 Å². The smallest absolute Gasteiger partial charge is 0.148 e. The molecule has 0 aliphatic carbocycles. The summed E-state index contributed by atoms with van der Waals surface area (Å²) in [6.45, 7) is 2.01. The van der Waals surface area contributed by atoms with E-state index in [0.29, 0.717) is 4.99 Å². The molecule has 0 aliphatic rings. The van der Waals surface area contributed by atoms with Gasteiger partial charge in [0.25, 0.3) is 0 Å². The maximum atomic E-state index is 5.87. The molecule has 2 N–H and O–H groups in total. The number of ether oxygens (including phenoxy) is 1. The lowest BCUT2D eigenvalue weighted by molar-refractivity contribution is 0.267. The van der Waals surface area contributed by atoms with Crippen molar-refractivity contribution in [2.45, 2.75) is 19.4 Å². The lowest BCUT2D eigenvalue weighted by Crippen LogP contribution is -2.31. The maximum Gasteiger partial charge on any atom is 0.148 e. The highest BCUT2D eigenvalue weighted by molar-refractivity contribution is 7.80. The minimum absolute atomic E-state index is 0.198. The minimum Gasteiger partial charge on any atom is -0.483 e. The molecule has 0 amide bonds. The highest BCUT2D eigenvalue weighted by Gasteiger charge is 2.12. The largest absolute Gasteiger partial charge is 0.483 e. The van der Waals surface area contributed by atoms with E-state index >= 15 is 0 Å². The standard InChI is InChI=1S/C14H15NOS/c1-2-12(14(15)17)16-13-9-5-7-10-6-3-4-8-11(10)13/h3-9,12H,2H2,1H3,(H2,15,17). The molecule has 1 unspecified atom stereocenters. The van der Waals surface area contributed by atoms with Crippen molar-refractivity contribution < 1.29 is 4.74 Å². The number of thiocarbonyl (C=S) groups is 1. The summed E-state index contributed by atoms with van der Waals surface area (Å²) >= 11 is 4.99. The summed E-state index contributed by atoms with van der Waals surface area (Å²) in [6, 6.07) is 14.1. The zero-order chi connectivity index (χ0) is 12.3. The monoisotopic (exact) mass is 245 g/mol. The van der Waals surface area contributed by atoms with Crippen LogP contribution in [0.3, 0.4) is 0 Å². The predicted octanol–water partition coefficient (Wildman–Crippen LogP) is 3.28. The van der Waals surface area contributed by atoms with Crippen molar-refractivity contribution in [3.05, 3.63) is 42.5 Å². The Kier molecular flexibility index (Phi) is 3.59. The van der Waals surface area contributed by atoms with Gasteiger partial charge in [0, 0.05) is 5.39 Å². The van der Waals surface area contributed by atoms with E-state index in [1.807, 2.05) is 37.3 Å². The first-order chi connectivity index (χ1) is 8.22. The number of fused-ring (bicyclic) bond motifs is 1. The molecule has 0 aliphatic heterocycles. The van der Waals surface area contributed by atoms with Crippen molar-refractivity contribution in [3.8, 4) is 5.75 Å². The average molecular weight is 245 g/mol. The quantitative estimate of drug-likeness (QED) is 0.840. The van der Waals surface area contributed by atoms with Crippen molar-refractivity contribution in [1.29, 1.82) is 0 Å². The lowest BCUT2D eigenvalue weighted by atomic mass is 10.1. The molecule has 2 aromatic carbocycles. The van der Waals surface area contributed by atoms with Crippen molar-refractivity contribution >= 4 is 28.0 Å². The van der Waals surface area contributed by atoms with E-state index in [1.54, 1.807) is 0 Å². The average Bonchev–Trinajstić information content (AvgIpc) is 2.35. The Bertz CT molecular complexity index is 533. The molecule has 17 heavy (non-hydrogen) atoms. The van der Waals surface area contributed by atoms with Gasteiger partial charge >= 0.3 is 0 Å². The first kappa shape index (κ1) is 11.9.